The lowest BCUT2D eigenvalue weighted by Crippen LogP contribution is -1.85. The molecule has 2 aromatic heterocycles. The molecule has 0 fully saturated rings. The maximum atomic E-state index is 4.72. The number of imidazole rings is 1. The first-order valence-corrected chi connectivity index (χ1v) is 7.75. The molecule has 0 amide bonds. The summed E-state index contributed by atoms with van der Waals surface area (Å²) in [7, 11) is 0. The fraction of sp³-hybridized carbons (Fsp3) is 0.235. The lowest BCUT2D eigenvalue weighted by atomic mass is 10.2. The van der Waals surface area contributed by atoms with Crippen molar-refractivity contribution in [2.45, 2.75) is 31.4 Å². The van der Waals surface area contributed by atoms with E-state index in [4.69, 9.17) is 4.98 Å². The molecule has 0 N–H and O–H groups in total. The second-order valence-electron chi connectivity index (χ2n) is 5.21. The van der Waals surface area contributed by atoms with Crippen LogP contribution in [0, 0.1) is 20.8 Å². The summed E-state index contributed by atoms with van der Waals surface area (Å²) in [6, 6.07) is 10.8. The highest BCUT2D eigenvalue weighted by Crippen LogP contribution is 2.26. The third-order valence-electron chi connectivity index (χ3n) is 3.43. The number of rotatable bonds is 3. The number of thioether (sulfide) groups is 1. The van der Waals surface area contributed by atoms with E-state index < -0.39 is 0 Å². The SMILES string of the molecule is Cc1ccc(SCc2cn3cccc(C)c3n2)c(C)c1. The lowest BCUT2D eigenvalue weighted by molar-refractivity contribution is 1.16. The van der Waals surface area contributed by atoms with E-state index in [1.807, 2.05) is 11.8 Å². The first-order chi connectivity index (χ1) is 9.63. The highest BCUT2D eigenvalue weighted by molar-refractivity contribution is 7.98. The molecule has 0 radical (unpaired) electrons. The number of nitrogens with zero attached hydrogens (tertiary/aromatic N) is 2. The van der Waals surface area contributed by atoms with Gasteiger partial charge in [-0.1, -0.05) is 23.8 Å². The van der Waals surface area contributed by atoms with Crippen molar-refractivity contribution in [3.63, 3.8) is 0 Å². The minimum absolute atomic E-state index is 0.908. The van der Waals surface area contributed by atoms with Gasteiger partial charge in [0.15, 0.2) is 0 Å². The van der Waals surface area contributed by atoms with Gasteiger partial charge in [-0.15, -0.1) is 11.8 Å². The third kappa shape index (κ3) is 2.59. The Hall–Kier alpha value is -1.74. The number of benzene rings is 1. The summed E-state index contributed by atoms with van der Waals surface area (Å²) in [6.07, 6.45) is 4.18. The average Bonchev–Trinajstić information content (AvgIpc) is 2.82. The van der Waals surface area contributed by atoms with Crippen molar-refractivity contribution < 1.29 is 0 Å². The fourth-order valence-electron chi connectivity index (χ4n) is 2.39. The summed E-state index contributed by atoms with van der Waals surface area (Å²) in [6.45, 7) is 6.40. The van der Waals surface area contributed by atoms with Gasteiger partial charge in [-0.05, 0) is 44.0 Å². The average molecular weight is 282 g/mol. The van der Waals surface area contributed by atoms with Crippen LogP contribution in [0.4, 0.5) is 0 Å². The number of fused-ring (bicyclic) bond motifs is 1. The molecule has 3 heteroatoms. The number of pyridine rings is 1. The Morgan fingerprint density at radius 3 is 2.70 bits per heavy atom. The van der Waals surface area contributed by atoms with Crippen molar-refractivity contribution in [2.24, 2.45) is 0 Å². The first kappa shape index (κ1) is 13.3. The standard InChI is InChI=1S/C17H18N2S/c1-12-6-7-16(14(3)9-12)20-11-15-10-19-8-4-5-13(2)17(19)18-15/h4-10H,11H2,1-3H3. The molecule has 3 rings (SSSR count). The van der Waals surface area contributed by atoms with Crippen LogP contribution in [-0.2, 0) is 5.75 Å². The molecule has 1 aromatic carbocycles. The maximum Gasteiger partial charge on any atom is 0.139 e. The maximum absolute atomic E-state index is 4.72. The molecule has 20 heavy (non-hydrogen) atoms. The number of hydrogen-bond donors (Lipinski definition) is 0. The van der Waals surface area contributed by atoms with Gasteiger partial charge in [-0.3, -0.25) is 0 Å². The van der Waals surface area contributed by atoms with Gasteiger partial charge < -0.3 is 4.40 Å². The minimum atomic E-state index is 0.908. The Morgan fingerprint density at radius 2 is 1.95 bits per heavy atom. The fourth-order valence-corrected chi connectivity index (χ4v) is 3.28. The smallest absolute Gasteiger partial charge is 0.139 e. The van der Waals surface area contributed by atoms with Crippen LogP contribution in [0.5, 0.6) is 0 Å². The van der Waals surface area contributed by atoms with E-state index in [9.17, 15) is 0 Å². The van der Waals surface area contributed by atoms with Crippen molar-refractivity contribution in [1.29, 1.82) is 0 Å². The van der Waals surface area contributed by atoms with Crippen molar-refractivity contribution in [3.8, 4) is 0 Å². The van der Waals surface area contributed by atoms with Crippen molar-refractivity contribution in [3.05, 3.63) is 65.1 Å². The Balaban J connectivity index is 1.81. The zero-order valence-electron chi connectivity index (χ0n) is 12.1. The zero-order valence-corrected chi connectivity index (χ0v) is 12.9. The molecule has 2 nitrogen and oxygen atoms in total. The quantitative estimate of drug-likeness (QED) is 0.656. The van der Waals surface area contributed by atoms with Crippen LogP contribution < -0.4 is 0 Å². The number of hydrogen-bond acceptors (Lipinski definition) is 2. The first-order valence-electron chi connectivity index (χ1n) is 6.77. The van der Waals surface area contributed by atoms with Gasteiger partial charge in [0.25, 0.3) is 0 Å². The van der Waals surface area contributed by atoms with E-state index in [1.165, 1.54) is 21.6 Å². The second-order valence-corrected chi connectivity index (χ2v) is 6.23. The van der Waals surface area contributed by atoms with Gasteiger partial charge >= 0.3 is 0 Å². The Bertz CT molecular complexity index is 759. The van der Waals surface area contributed by atoms with Crippen LogP contribution in [0.25, 0.3) is 5.65 Å². The molecule has 102 valence electrons. The molecule has 0 aliphatic carbocycles. The van der Waals surface area contributed by atoms with E-state index in [1.54, 1.807) is 0 Å². The summed E-state index contributed by atoms with van der Waals surface area (Å²) in [4.78, 5) is 6.05. The second kappa shape index (κ2) is 5.33. The van der Waals surface area contributed by atoms with Gasteiger partial charge in [0.05, 0.1) is 5.69 Å². The molecule has 0 saturated heterocycles. The van der Waals surface area contributed by atoms with Crippen molar-refractivity contribution in [1.82, 2.24) is 9.38 Å². The van der Waals surface area contributed by atoms with Crippen molar-refractivity contribution in [2.75, 3.05) is 0 Å². The zero-order chi connectivity index (χ0) is 14.1. The normalized spacial score (nSPS) is 11.2. The number of aryl methyl sites for hydroxylation is 3. The van der Waals surface area contributed by atoms with Gasteiger partial charge in [-0.2, -0.15) is 0 Å². The molecule has 0 saturated carbocycles. The number of aromatic nitrogens is 2. The summed E-state index contributed by atoms with van der Waals surface area (Å²) in [5.74, 6) is 0.908. The molecule has 3 aromatic rings. The molecule has 0 bridgehead atoms. The van der Waals surface area contributed by atoms with Crippen molar-refractivity contribution >= 4 is 17.4 Å². The van der Waals surface area contributed by atoms with Gasteiger partial charge in [-0.25, -0.2) is 4.98 Å². The molecule has 2 heterocycles. The lowest BCUT2D eigenvalue weighted by Gasteiger charge is -2.05. The molecular weight excluding hydrogens is 264 g/mol. The predicted molar refractivity (Wildman–Crippen MR) is 85.4 cm³/mol. The molecule has 0 unspecified atom stereocenters. The Labute approximate surface area is 123 Å². The van der Waals surface area contributed by atoms with Crippen LogP contribution in [-0.4, -0.2) is 9.38 Å². The van der Waals surface area contributed by atoms with Gasteiger partial charge in [0, 0.05) is 23.0 Å². The van der Waals surface area contributed by atoms with E-state index in [0.717, 1.165) is 17.1 Å². The molecule has 0 spiro atoms. The van der Waals surface area contributed by atoms with E-state index in [-0.39, 0.29) is 0 Å². The van der Waals surface area contributed by atoms with E-state index in [2.05, 4.69) is 67.9 Å². The largest absolute Gasteiger partial charge is 0.307 e. The predicted octanol–water partition coefficient (Wildman–Crippen LogP) is 4.55. The highest BCUT2D eigenvalue weighted by Gasteiger charge is 2.05. The highest BCUT2D eigenvalue weighted by atomic mass is 32.2. The Kier molecular flexibility index (Phi) is 3.53. The summed E-state index contributed by atoms with van der Waals surface area (Å²) in [5, 5.41) is 0. The minimum Gasteiger partial charge on any atom is -0.307 e. The molecule has 0 atom stereocenters. The van der Waals surface area contributed by atoms with E-state index in [0.29, 0.717) is 0 Å². The summed E-state index contributed by atoms with van der Waals surface area (Å²) >= 11 is 1.85. The topological polar surface area (TPSA) is 17.3 Å². The Morgan fingerprint density at radius 1 is 1.10 bits per heavy atom. The third-order valence-corrected chi connectivity index (χ3v) is 4.64. The molecular formula is C17H18N2S. The summed E-state index contributed by atoms with van der Waals surface area (Å²) in [5.41, 5.74) is 6.06. The molecule has 0 aliphatic heterocycles. The van der Waals surface area contributed by atoms with Crippen LogP contribution in [0.2, 0.25) is 0 Å². The molecule has 0 aliphatic rings. The summed E-state index contributed by atoms with van der Waals surface area (Å²) < 4.78 is 2.10. The van der Waals surface area contributed by atoms with Crippen LogP contribution in [0.1, 0.15) is 22.4 Å². The van der Waals surface area contributed by atoms with Gasteiger partial charge in [0.2, 0.25) is 0 Å². The van der Waals surface area contributed by atoms with Crippen LogP contribution >= 0.6 is 11.8 Å². The van der Waals surface area contributed by atoms with Gasteiger partial charge in [0.1, 0.15) is 5.65 Å². The van der Waals surface area contributed by atoms with Crippen LogP contribution in [0.15, 0.2) is 47.6 Å². The monoisotopic (exact) mass is 282 g/mol. The van der Waals surface area contributed by atoms with Crippen LogP contribution in [0.3, 0.4) is 0 Å². The van der Waals surface area contributed by atoms with E-state index >= 15 is 0 Å².